The summed E-state index contributed by atoms with van der Waals surface area (Å²) in [5.74, 6) is 0.857. The van der Waals surface area contributed by atoms with Crippen LogP contribution in [0.2, 0.25) is 0 Å². The van der Waals surface area contributed by atoms with Crippen molar-refractivity contribution in [3.05, 3.63) is 24.0 Å². The predicted molar refractivity (Wildman–Crippen MR) is 184 cm³/mol. The maximum Gasteiger partial charge on any atom is 0.480 e. The van der Waals surface area contributed by atoms with Gasteiger partial charge in [0, 0.05) is 30.6 Å². The number of nitrogens with one attached hydrogen (secondary N) is 3. The minimum Gasteiger partial charge on any atom is -1.00 e. The van der Waals surface area contributed by atoms with Crippen molar-refractivity contribution in [1.29, 1.82) is 0 Å². The number of rotatable bonds is 14. The highest BCUT2D eigenvalue weighted by Gasteiger charge is 2.45. The number of likely N-dealkylation sites (tertiary alicyclic amines) is 1. The molecular formula is C33H56ClFN7O5P. The molecule has 4 rings (SSSR count). The Bertz CT molecular complexity index is 1350. The average Bonchev–Trinajstić information content (AvgIpc) is 3.20. The van der Waals surface area contributed by atoms with E-state index in [0.29, 0.717) is 34.6 Å². The van der Waals surface area contributed by atoms with E-state index in [1.807, 2.05) is 41.5 Å². The Kier molecular flexibility index (Phi) is 14.3. The number of quaternary nitrogens is 1. The van der Waals surface area contributed by atoms with Crippen LogP contribution in [0.4, 0.5) is 27.9 Å². The molecule has 2 unspecified atom stereocenters. The zero-order valence-corrected chi connectivity index (χ0v) is 31.6. The Morgan fingerprint density at radius 3 is 2.12 bits per heavy atom. The highest BCUT2D eigenvalue weighted by Crippen LogP contribution is 2.56. The first kappa shape index (κ1) is 40.2. The van der Waals surface area contributed by atoms with Gasteiger partial charge in [0.15, 0.2) is 18.3 Å². The Labute approximate surface area is 292 Å². The first-order valence-corrected chi connectivity index (χ1v) is 18.5. The van der Waals surface area contributed by atoms with Gasteiger partial charge >= 0.3 is 7.82 Å². The third-order valence-corrected chi connectivity index (χ3v) is 10.5. The van der Waals surface area contributed by atoms with E-state index in [1.54, 1.807) is 12.1 Å². The normalized spacial score (nSPS) is 20.9. The second kappa shape index (κ2) is 17.1. The number of hydrogen-bond donors (Lipinski definition) is 3. The van der Waals surface area contributed by atoms with Crippen LogP contribution in [0.5, 0.6) is 5.75 Å². The van der Waals surface area contributed by atoms with Crippen LogP contribution in [0.3, 0.4) is 0 Å². The molecule has 3 N–H and O–H groups in total. The summed E-state index contributed by atoms with van der Waals surface area (Å²) in [6, 6.07) is 5.04. The van der Waals surface area contributed by atoms with Gasteiger partial charge in [0.05, 0.1) is 37.9 Å². The number of hydrogen-bond acceptors (Lipinski definition) is 11. The summed E-state index contributed by atoms with van der Waals surface area (Å²) in [7, 11) is -2.44. The van der Waals surface area contributed by atoms with Crippen molar-refractivity contribution in [2.24, 2.45) is 0 Å². The lowest BCUT2D eigenvalue weighted by molar-refractivity contribution is -0.950. The van der Waals surface area contributed by atoms with E-state index in [2.05, 4.69) is 32.8 Å². The second-order valence-corrected chi connectivity index (χ2v) is 16.2. The van der Waals surface area contributed by atoms with Crippen molar-refractivity contribution in [3.8, 4) is 5.75 Å². The van der Waals surface area contributed by atoms with E-state index in [-0.39, 0.29) is 37.0 Å². The van der Waals surface area contributed by atoms with Gasteiger partial charge < -0.3 is 33.1 Å². The van der Waals surface area contributed by atoms with Crippen LogP contribution in [0.25, 0.3) is 0 Å². The van der Waals surface area contributed by atoms with Crippen LogP contribution in [-0.2, 0) is 18.1 Å². The van der Waals surface area contributed by atoms with Crippen LogP contribution in [0, 0.1) is 5.82 Å². The van der Waals surface area contributed by atoms with Crippen LogP contribution in [0.1, 0.15) is 99.8 Å². The third-order valence-electron chi connectivity index (χ3n) is 8.52. The van der Waals surface area contributed by atoms with Crippen molar-refractivity contribution < 1.29 is 44.2 Å². The van der Waals surface area contributed by atoms with Crippen LogP contribution in [-0.4, -0.2) is 76.2 Å². The zero-order chi connectivity index (χ0) is 34.3. The number of phosphoric ester groups is 1. The summed E-state index contributed by atoms with van der Waals surface area (Å²) in [5.41, 5.74) is -0.933. The highest BCUT2D eigenvalue weighted by molar-refractivity contribution is 7.48. The first-order chi connectivity index (χ1) is 22.1. The molecule has 1 saturated carbocycles. The van der Waals surface area contributed by atoms with Gasteiger partial charge in [-0.05, 0) is 73.4 Å². The van der Waals surface area contributed by atoms with E-state index < -0.39 is 24.8 Å². The van der Waals surface area contributed by atoms with E-state index in [4.69, 9.17) is 23.3 Å². The van der Waals surface area contributed by atoms with Crippen molar-refractivity contribution in [3.63, 3.8) is 0 Å². The monoisotopic (exact) mass is 715 g/mol. The smallest absolute Gasteiger partial charge is 0.480 e. The van der Waals surface area contributed by atoms with Crippen molar-refractivity contribution >= 4 is 31.4 Å². The number of aromatic nitrogens is 3. The van der Waals surface area contributed by atoms with Crippen molar-refractivity contribution in [2.45, 2.75) is 123 Å². The first-order valence-electron chi connectivity index (χ1n) is 17.0. The number of likely N-dealkylation sites (N-methyl/N-ethyl adjacent to an activating group) is 1. The van der Waals surface area contributed by atoms with Gasteiger partial charge in [-0.1, -0.05) is 25.7 Å². The molecule has 15 heteroatoms. The largest absolute Gasteiger partial charge is 1.00 e. The molecule has 2 aromatic rings. The lowest BCUT2D eigenvalue weighted by atomic mass is 10.1. The summed E-state index contributed by atoms with van der Waals surface area (Å²) in [5, 5.41) is 10.1. The molecule has 0 bridgehead atoms. The molecule has 1 aromatic heterocycles. The Morgan fingerprint density at radius 2 is 1.54 bits per heavy atom. The fourth-order valence-electron chi connectivity index (χ4n) is 6.26. The SMILES string of the molecule is CC[N+]1(COP(=O)(OC(C)(C)C)OC(C)(C)C)CCCC1CNc1nc(Nc2ccc(OC)c(F)c2)nc(NC2CCCCCC2)n1.[Cl-]. The number of phosphoric acid groups is 1. The number of anilines is 4. The summed E-state index contributed by atoms with van der Waals surface area (Å²) in [6.07, 6.45) is 8.86. The number of ether oxygens (including phenoxy) is 1. The summed E-state index contributed by atoms with van der Waals surface area (Å²) in [4.78, 5) is 14.0. The quantitative estimate of drug-likeness (QED) is 0.139. The predicted octanol–water partition coefficient (Wildman–Crippen LogP) is 5.03. The van der Waals surface area contributed by atoms with Gasteiger partial charge in [-0.3, -0.25) is 13.5 Å². The summed E-state index contributed by atoms with van der Waals surface area (Å²) in [6.45, 7) is 15.5. The molecule has 2 aliphatic rings. The molecule has 1 saturated heterocycles. The molecule has 1 aliphatic carbocycles. The van der Waals surface area contributed by atoms with Crippen LogP contribution >= 0.6 is 7.82 Å². The molecule has 272 valence electrons. The molecule has 1 aromatic carbocycles. The Hall–Kier alpha value is -2.28. The van der Waals surface area contributed by atoms with E-state index >= 15 is 0 Å². The fourth-order valence-corrected chi connectivity index (χ4v) is 8.12. The third kappa shape index (κ3) is 11.9. The number of benzene rings is 1. The Balaban J connectivity index is 0.00000625. The molecule has 48 heavy (non-hydrogen) atoms. The summed E-state index contributed by atoms with van der Waals surface area (Å²) >= 11 is 0. The van der Waals surface area contributed by atoms with Gasteiger partial charge in [0.25, 0.3) is 0 Å². The molecule has 2 atom stereocenters. The van der Waals surface area contributed by atoms with Gasteiger partial charge in [0.1, 0.15) is 6.04 Å². The molecular weight excluding hydrogens is 660 g/mol. The molecule has 1 aliphatic heterocycles. The maximum absolute atomic E-state index is 14.5. The van der Waals surface area contributed by atoms with E-state index in [9.17, 15) is 8.96 Å². The molecule has 0 amide bonds. The average molecular weight is 716 g/mol. The maximum atomic E-state index is 14.5. The standard InChI is InChI=1S/C33H56FN7O5P.ClH/c1-9-41(23-44-47(42,45-32(2,3)4)46-33(5,6)7)20-14-17-26(41)22-35-29-38-30(36-24-15-12-10-11-13-16-24)40-31(39-29)37-25-18-19-28(43-8)27(34)21-25;/h18-19,21,24,26H,9-17,20,22-23H2,1-8H3,(H3,35,36,37,38,39,40);1H/q+1;/p-1. The molecule has 2 fully saturated rings. The lowest BCUT2D eigenvalue weighted by Crippen LogP contribution is -3.00. The zero-order valence-electron chi connectivity index (χ0n) is 29.9. The second-order valence-electron chi connectivity index (χ2n) is 14.7. The van der Waals surface area contributed by atoms with Gasteiger partial charge in [-0.25, -0.2) is 13.5 Å². The minimum absolute atomic E-state index is 0. The molecule has 0 radical (unpaired) electrons. The van der Waals surface area contributed by atoms with Gasteiger partial charge in [-0.15, -0.1) is 0 Å². The lowest BCUT2D eigenvalue weighted by Gasteiger charge is -2.40. The van der Waals surface area contributed by atoms with Crippen molar-refractivity contribution in [2.75, 3.05) is 49.4 Å². The highest BCUT2D eigenvalue weighted by atomic mass is 35.5. The molecule has 2 heterocycles. The number of halogens is 2. The van der Waals surface area contributed by atoms with Crippen LogP contribution in [0.15, 0.2) is 18.2 Å². The van der Waals surface area contributed by atoms with E-state index in [0.717, 1.165) is 38.8 Å². The fraction of sp³-hybridized carbons (Fsp3) is 0.727. The number of nitrogens with zero attached hydrogens (tertiary/aromatic N) is 4. The minimum atomic E-state index is -3.87. The molecule has 12 nitrogen and oxygen atoms in total. The number of methoxy groups -OCH3 is 1. The van der Waals surface area contributed by atoms with Gasteiger partial charge in [0.2, 0.25) is 17.8 Å². The van der Waals surface area contributed by atoms with Crippen LogP contribution < -0.4 is 33.1 Å². The van der Waals surface area contributed by atoms with E-state index in [1.165, 1.54) is 38.9 Å². The Morgan fingerprint density at radius 1 is 0.917 bits per heavy atom. The van der Waals surface area contributed by atoms with Crippen molar-refractivity contribution in [1.82, 2.24) is 15.0 Å². The molecule has 0 spiro atoms. The summed E-state index contributed by atoms with van der Waals surface area (Å²) < 4.78 is 51.9. The topological polar surface area (TPSA) is 129 Å². The van der Waals surface area contributed by atoms with Gasteiger partial charge in [-0.2, -0.15) is 15.0 Å².